The first-order valence-corrected chi connectivity index (χ1v) is 19.0. The van der Waals surface area contributed by atoms with Crippen LogP contribution in [0.3, 0.4) is 0 Å². The van der Waals surface area contributed by atoms with Gasteiger partial charge >= 0.3 is 12.1 Å². The maximum atomic E-state index is 14.5. The molecule has 0 saturated carbocycles. The van der Waals surface area contributed by atoms with E-state index >= 15 is 0 Å². The zero-order valence-electron chi connectivity index (χ0n) is 31.3. The van der Waals surface area contributed by atoms with Crippen molar-refractivity contribution in [2.24, 2.45) is 18.9 Å². The molecule has 20 heteroatoms. The van der Waals surface area contributed by atoms with Crippen LogP contribution < -0.4 is 10.6 Å². The fourth-order valence-electron chi connectivity index (χ4n) is 8.04. The molecule has 4 N–H and O–H groups in total. The van der Waals surface area contributed by atoms with Gasteiger partial charge in [-0.05, 0) is 30.3 Å². The van der Waals surface area contributed by atoms with Gasteiger partial charge in [-0.3, -0.25) is 14.4 Å². The van der Waals surface area contributed by atoms with Gasteiger partial charge in [-0.15, -0.1) is 0 Å². The van der Waals surface area contributed by atoms with E-state index in [0.29, 0.717) is 54.1 Å². The van der Waals surface area contributed by atoms with E-state index in [1.807, 2.05) is 0 Å². The second kappa shape index (κ2) is 16.0. The number of piperidine rings is 1. The molecule has 0 bridgehead atoms. The molecule has 3 saturated heterocycles. The van der Waals surface area contributed by atoms with Gasteiger partial charge < -0.3 is 39.7 Å². The number of phenolic OH excluding ortho intramolecular Hbond substituents is 1. The number of hydrogen-bond donors (Lipinski definition) is 4. The fraction of sp³-hybridized carbons (Fsp3) is 0.421. The van der Waals surface area contributed by atoms with E-state index in [1.54, 1.807) is 9.80 Å². The van der Waals surface area contributed by atoms with Gasteiger partial charge in [0.2, 0.25) is 5.91 Å². The zero-order valence-corrected chi connectivity index (χ0v) is 32.1. The van der Waals surface area contributed by atoms with Crippen LogP contribution in [0.25, 0.3) is 16.9 Å². The minimum Gasteiger partial charge on any atom is -0.508 e. The van der Waals surface area contributed by atoms with Crippen molar-refractivity contribution >= 4 is 41.0 Å². The summed E-state index contributed by atoms with van der Waals surface area (Å²) in [7, 11) is 1.33. The first kappa shape index (κ1) is 40.7. The minimum atomic E-state index is -4.96. The van der Waals surface area contributed by atoms with E-state index in [1.165, 1.54) is 25.2 Å². The summed E-state index contributed by atoms with van der Waals surface area (Å²) < 4.78 is 59.1. The summed E-state index contributed by atoms with van der Waals surface area (Å²) >= 11 is 6.52. The SMILES string of the molecule is Cn1c(-c2cn(-c3ccc(O)cc3F)nc2C(F)(F)F)cnc1C(=O)Nc1ccc(C(=O)N2CCN(C(=O)C3CC[N+](CC(=O)O)(CC4CNC4)CC3)CC2)c(Cl)c1. The number of quaternary nitrogens is 1. The number of carboxylic acids is 1. The van der Waals surface area contributed by atoms with Gasteiger partial charge in [0.1, 0.15) is 11.4 Å². The van der Waals surface area contributed by atoms with Crippen molar-refractivity contribution in [2.75, 3.05) is 70.8 Å². The first-order chi connectivity index (χ1) is 27.5. The average molecular weight is 831 g/mol. The number of piperazine rings is 1. The Morgan fingerprint density at radius 3 is 2.31 bits per heavy atom. The van der Waals surface area contributed by atoms with Crippen LogP contribution in [0, 0.1) is 17.7 Å². The van der Waals surface area contributed by atoms with E-state index in [-0.39, 0.29) is 70.8 Å². The fourth-order valence-corrected chi connectivity index (χ4v) is 8.30. The van der Waals surface area contributed by atoms with Gasteiger partial charge in [0.05, 0.1) is 47.7 Å². The number of aromatic nitrogens is 4. The zero-order chi connectivity index (χ0) is 41.5. The summed E-state index contributed by atoms with van der Waals surface area (Å²) in [6.07, 6.45) is -1.73. The maximum absolute atomic E-state index is 14.5. The van der Waals surface area contributed by atoms with Crippen molar-refractivity contribution in [3.63, 3.8) is 0 Å². The van der Waals surface area contributed by atoms with Crippen molar-refractivity contribution in [3.05, 3.63) is 76.7 Å². The van der Waals surface area contributed by atoms with E-state index < -0.39 is 40.9 Å². The molecule has 5 heterocycles. The number of carbonyl (C=O) groups excluding carboxylic acids is 3. The highest BCUT2D eigenvalue weighted by Gasteiger charge is 2.43. The van der Waals surface area contributed by atoms with Crippen LogP contribution in [0.1, 0.15) is 39.5 Å². The third kappa shape index (κ3) is 8.37. The summed E-state index contributed by atoms with van der Waals surface area (Å²) in [6.45, 7) is 5.11. The van der Waals surface area contributed by atoms with Crippen LogP contribution in [0.2, 0.25) is 5.02 Å². The van der Waals surface area contributed by atoms with Crippen molar-refractivity contribution in [2.45, 2.75) is 19.0 Å². The Bertz CT molecular complexity index is 2240. The molecule has 3 aliphatic heterocycles. The predicted molar refractivity (Wildman–Crippen MR) is 201 cm³/mol. The van der Waals surface area contributed by atoms with Gasteiger partial charge in [0, 0.05) is 88.9 Å². The molecular formula is C38H41ClF4N9O6+. The van der Waals surface area contributed by atoms with Gasteiger partial charge in [0.15, 0.2) is 23.9 Å². The lowest BCUT2D eigenvalue weighted by molar-refractivity contribution is -0.929. The number of amides is 3. The number of rotatable bonds is 10. The number of alkyl halides is 3. The Labute approximate surface area is 334 Å². The molecule has 3 amide bonds. The number of hydrogen-bond acceptors (Lipinski definition) is 8. The van der Waals surface area contributed by atoms with Crippen molar-refractivity contribution in [1.29, 1.82) is 0 Å². The highest BCUT2D eigenvalue weighted by molar-refractivity contribution is 6.34. The van der Waals surface area contributed by atoms with Crippen LogP contribution in [0.4, 0.5) is 23.2 Å². The van der Waals surface area contributed by atoms with Crippen LogP contribution in [-0.4, -0.2) is 133 Å². The van der Waals surface area contributed by atoms with Crippen LogP contribution in [0.5, 0.6) is 5.75 Å². The Hall–Kier alpha value is -5.53. The highest BCUT2D eigenvalue weighted by Crippen LogP contribution is 2.37. The summed E-state index contributed by atoms with van der Waals surface area (Å²) in [5.41, 5.74) is -1.97. The molecule has 15 nitrogen and oxygen atoms in total. The number of likely N-dealkylation sites (tertiary alicyclic amines) is 1. The highest BCUT2D eigenvalue weighted by atomic mass is 35.5. The molecule has 0 radical (unpaired) electrons. The summed E-state index contributed by atoms with van der Waals surface area (Å²) in [6, 6.07) is 7.16. The van der Waals surface area contributed by atoms with Gasteiger partial charge in [-0.1, -0.05) is 11.6 Å². The molecule has 4 aromatic rings. The molecule has 2 aromatic heterocycles. The summed E-state index contributed by atoms with van der Waals surface area (Å²) in [4.78, 5) is 59.3. The molecule has 2 aromatic carbocycles. The lowest BCUT2D eigenvalue weighted by Crippen LogP contribution is -2.62. The molecule has 0 unspecified atom stereocenters. The second-order valence-electron chi connectivity index (χ2n) is 15.1. The van der Waals surface area contributed by atoms with Gasteiger partial charge in [-0.2, -0.15) is 18.3 Å². The minimum absolute atomic E-state index is 0.0174. The quantitative estimate of drug-likeness (QED) is 0.137. The number of halogens is 5. The van der Waals surface area contributed by atoms with Gasteiger partial charge in [-0.25, -0.2) is 18.9 Å². The van der Waals surface area contributed by atoms with Crippen molar-refractivity contribution in [3.8, 4) is 22.7 Å². The normalized spacial score (nSPS) is 20.1. The number of anilines is 1. The average Bonchev–Trinajstić information content (AvgIpc) is 3.77. The molecule has 0 atom stereocenters. The molecule has 3 fully saturated rings. The number of nitrogens with zero attached hydrogens (tertiary/aromatic N) is 7. The molecular weight excluding hydrogens is 790 g/mol. The molecule has 58 heavy (non-hydrogen) atoms. The smallest absolute Gasteiger partial charge is 0.435 e. The summed E-state index contributed by atoms with van der Waals surface area (Å²) in [5, 5.41) is 28.5. The maximum Gasteiger partial charge on any atom is 0.435 e. The number of aliphatic carboxylic acids is 1. The molecule has 308 valence electrons. The van der Waals surface area contributed by atoms with Crippen molar-refractivity contribution in [1.82, 2.24) is 34.4 Å². The summed E-state index contributed by atoms with van der Waals surface area (Å²) in [5.74, 6) is -3.43. The van der Waals surface area contributed by atoms with E-state index in [0.717, 1.165) is 54.8 Å². The molecule has 7 rings (SSSR count). The lowest BCUT2D eigenvalue weighted by atomic mass is 9.90. The Kier molecular flexibility index (Phi) is 11.2. The van der Waals surface area contributed by atoms with E-state index in [4.69, 9.17) is 11.6 Å². The lowest BCUT2D eigenvalue weighted by Gasteiger charge is -2.46. The molecule has 3 aliphatic rings. The number of benzene rings is 2. The van der Waals surface area contributed by atoms with Crippen LogP contribution in [-0.2, 0) is 22.8 Å². The van der Waals surface area contributed by atoms with Crippen molar-refractivity contribution < 1.29 is 51.4 Å². The van der Waals surface area contributed by atoms with E-state index in [9.17, 15) is 47.0 Å². The Balaban J connectivity index is 0.962. The molecule has 0 aliphatic carbocycles. The van der Waals surface area contributed by atoms with E-state index in [2.05, 4.69) is 20.7 Å². The number of phenols is 1. The van der Waals surface area contributed by atoms with Gasteiger partial charge in [0.25, 0.3) is 11.8 Å². The number of carbonyl (C=O) groups is 4. The monoisotopic (exact) mass is 830 g/mol. The van der Waals surface area contributed by atoms with Crippen LogP contribution in [0.15, 0.2) is 48.8 Å². The predicted octanol–water partition coefficient (Wildman–Crippen LogP) is 3.86. The largest absolute Gasteiger partial charge is 0.508 e. The Morgan fingerprint density at radius 1 is 1.02 bits per heavy atom. The number of aromatic hydroxyl groups is 1. The van der Waals surface area contributed by atoms with Crippen LogP contribution >= 0.6 is 11.6 Å². The third-order valence-corrected chi connectivity index (χ3v) is 11.5. The first-order valence-electron chi connectivity index (χ1n) is 18.7. The molecule has 0 spiro atoms. The third-order valence-electron chi connectivity index (χ3n) is 11.2. The number of imidazole rings is 1. The number of nitrogens with one attached hydrogen (secondary N) is 2. The second-order valence-corrected chi connectivity index (χ2v) is 15.5. The standard InChI is InChI=1S/C38H40ClF4N9O6/c1-48-31(27-19-51(47-33(27)38(41,42)43)30-5-3-25(53)15-29(30)40)18-45-34(48)35(56)46-24-2-4-26(28(39)14-24)37(58)50-10-8-49(9-11-50)36(57)23-6-12-52(13-7-23,21-32(54)55)20-22-16-44-17-22/h2-5,14-15,18-19,22-23,44H,6-13,16-17,20-21H2,1H3,(H2-,46,53,54,55,56,58)/p+1. The number of carboxylic acid groups (broad SMARTS) is 1. The Morgan fingerprint density at radius 2 is 1.71 bits per heavy atom. The topological polar surface area (TPSA) is 175 Å².